The maximum Gasteiger partial charge on any atom is 0.254 e. The summed E-state index contributed by atoms with van der Waals surface area (Å²) in [4.78, 5) is 15.6. The van der Waals surface area contributed by atoms with E-state index in [1.807, 2.05) is 13.0 Å². The van der Waals surface area contributed by atoms with E-state index in [-0.39, 0.29) is 5.91 Å². The van der Waals surface area contributed by atoms with Gasteiger partial charge >= 0.3 is 0 Å². The van der Waals surface area contributed by atoms with Crippen molar-refractivity contribution >= 4 is 11.6 Å². The molecular weight excluding hydrogens is 190 g/mol. The van der Waals surface area contributed by atoms with Gasteiger partial charge in [0.15, 0.2) is 0 Å². The largest absolute Gasteiger partial charge is 0.384 e. The average Bonchev–Trinajstić information content (AvgIpc) is 2.25. The van der Waals surface area contributed by atoms with Crippen molar-refractivity contribution in [3.8, 4) is 0 Å². The van der Waals surface area contributed by atoms with Crippen LogP contribution in [0.25, 0.3) is 0 Å². The molecule has 1 rings (SSSR count). The van der Waals surface area contributed by atoms with Gasteiger partial charge in [-0.1, -0.05) is 6.92 Å². The van der Waals surface area contributed by atoms with Gasteiger partial charge in [0, 0.05) is 25.5 Å². The number of carbonyl (C=O) groups excluding carboxylic acids is 1. The number of nitrogens with zero attached hydrogens (tertiary/aromatic N) is 1. The minimum Gasteiger partial charge on any atom is -0.384 e. The van der Waals surface area contributed by atoms with E-state index in [0.717, 1.165) is 24.3 Å². The second-order valence-electron chi connectivity index (χ2n) is 3.38. The molecule has 0 saturated carbocycles. The van der Waals surface area contributed by atoms with Crippen LogP contribution in [0.1, 0.15) is 29.4 Å². The fraction of sp³-hybridized carbons (Fsp3) is 0.455. The van der Waals surface area contributed by atoms with E-state index in [9.17, 15) is 4.79 Å². The molecule has 2 N–H and O–H groups in total. The number of pyridine rings is 1. The topological polar surface area (TPSA) is 54.0 Å². The Morgan fingerprint density at radius 3 is 2.87 bits per heavy atom. The minimum atomic E-state index is -0.110. The third-order valence-electron chi connectivity index (χ3n) is 2.08. The molecule has 0 bridgehead atoms. The zero-order valence-corrected chi connectivity index (χ0v) is 9.42. The monoisotopic (exact) mass is 207 g/mol. The summed E-state index contributed by atoms with van der Waals surface area (Å²) < 4.78 is 0. The molecule has 0 unspecified atom stereocenters. The third kappa shape index (κ3) is 2.94. The van der Waals surface area contributed by atoms with Crippen molar-refractivity contribution in [3.05, 3.63) is 23.5 Å². The first-order chi connectivity index (χ1) is 7.19. The van der Waals surface area contributed by atoms with Crippen molar-refractivity contribution in [2.24, 2.45) is 0 Å². The van der Waals surface area contributed by atoms with Crippen molar-refractivity contribution in [2.75, 3.05) is 18.9 Å². The van der Waals surface area contributed by atoms with Crippen molar-refractivity contribution in [3.63, 3.8) is 0 Å². The summed E-state index contributed by atoms with van der Waals surface area (Å²) in [7, 11) is 1.62. The van der Waals surface area contributed by atoms with Gasteiger partial charge in [-0.05, 0) is 19.4 Å². The molecule has 0 spiro atoms. The standard InChI is InChI=1S/C11H17N3O/c1-4-5-13-10-6-8(2)14-7-9(10)11(15)12-3/h6-7H,4-5H2,1-3H3,(H,12,15)(H,13,14). The van der Waals surface area contributed by atoms with E-state index in [1.54, 1.807) is 13.2 Å². The lowest BCUT2D eigenvalue weighted by molar-refractivity contribution is 0.0963. The number of aromatic nitrogens is 1. The number of nitrogens with one attached hydrogen (secondary N) is 2. The van der Waals surface area contributed by atoms with Crippen LogP contribution < -0.4 is 10.6 Å². The molecule has 0 radical (unpaired) electrons. The van der Waals surface area contributed by atoms with Gasteiger partial charge in [-0.15, -0.1) is 0 Å². The number of aryl methyl sites for hydroxylation is 1. The molecule has 1 amide bonds. The van der Waals surface area contributed by atoms with Crippen molar-refractivity contribution in [1.82, 2.24) is 10.3 Å². The Bertz CT molecular complexity index is 350. The second-order valence-corrected chi connectivity index (χ2v) is 3.38. The summed E-state index contributed by atoms with van der Waals surface area (Å²) >= 11 is 0. The van der Waals surface area contributed by atoms with E-state index >= 15 is 0 Å². The molecule has 0 aromatic carbocycles. The molecule has 4 heteroatoms. The van der Waals surface area contributed by atoms with Crippen molar-refractivity contribution in [2.45, 2.75) is 20.3 Å². The van der Waals surface area contributed by atoms with Gasteiger partial charge in [0.25, 0.3) is 5.91 Å². The molecule has 0 atom stereocenters. The van der Waals surface area contributed by atoms with Gasteiger partial charge < -0.3 is 10.6 Å². The molecule has 0 fully saturated rings. The summed E-state index contributed by atoms with van der Waals surface area (Å²) in [6, 6.07) is 1.89. The fourth-order valence-electron chi connectivity index (χ4n) is 1.28. The van der Waals surface area contributed by atoms with Crippen LogP contribution in [0.2, 0.25) is 0 Å². The first kappa shape index (κ1) is 11.5. The molecule has 1 aromatic heterocycles. The minimum absolute atomic E-state index is 0.110. The summed E-state index contributed by atoms with van der Waals surface area (Å²) in [5, 5.41) is 5.82. The Balaban J connectivity index is 2.97. The lowest BCUT2D eigenvalue weighted by Crippen LogP contribution is -2.20. The zero-order valence-electron chi connectivity index (χ0n) is 9.42. The Hall–Kier alpha value is -1.58. The lowest BCUT2D eigenvalue weighted by Gasteiger charge is -2.10. The van der Waals surface area contributed by atoms with Crippen LogP contribution in [0, 0.1) is 6.92 Å². The quantitative estimate of drug-likeness (QED) is 0.788. The maximum absolute atomic E-state index is 11.5. The highest BCUT2D eigenvalue weighted by Gasteiger charge is 2.09. The number of rotatable bonds is 4. The molecule has 15 heavy (non-hydrogen) atoms. The molecule has 82 valence electrons. The van der Waals surface area contributed by atoms with Crippen molar-refractivity contribution < 1.29 is 4.79 Å². The predicted octanol–water partition coefficient (Wildman–Crippen LogP) is 1.57. The molecule has 0 aliphatic carbocycles. The van der Waals surface area contributed by atoms with E-state index < -0.39 is 0 Å². The Kier molecular flexibility index (Phi) is 4.09. The van der Waals surface area contributed by atoms with Gasteiger partial charge in [0.2, 0.25) is 0 Å². The Labute approximate surface area is 90.1 Å². The van der Waals surface area contributed by atoms with Crippen LogP contribution in [0.4, 0.5) is 5.69 Å². The number of hydrogen-bond acceptors (Lipinski definition) is 3. The SMILES string of the molecule is CCCNc1cc(C)ncc1C(=O)NC. The van der Waals surface area contributed by atoms with Gasteiger partial charge in [-0.2, -0.15) is 0 Å². The van der Waals surface area contributed by atoms with Gasteiger partial charge in [-0.25, -0.2) is 0 Å². The summed E-state index contributed by atoms with van der Waals surface area (Å²) in [6.45, 7) is 4.85. The molecule has 0 aliphatic rings. The van der Waals surface area contributed by atoms with Crippen LogP contribution in [0.5, 0.6) is 0 Å². The highest BCUT2D eigenvalue weighted by Crippen LogP contribution is 2.15. The Morgan fingerprint density at radius 2 is 2.27 bits per heavy atom. The van der Waals surface area contributed by atoms with Crippen LogP contribution in [-0.4, -0.2) is 24.5 Å². The van der Waals surface area contributed by atoms with Crippen LogP contribution in [-0.2, 0) is 0 Å². The average molecular weight is 207 g/mol. The van der Waals surface area contributed by atoms with Crippen LogP contribution in [0.15, 0.2) is 12.3 Å². The number of amides is 1. The Morgan fingerprint density at radius 1 is 1.53 bits per heavy atom. The molecule has 0 saturated heterocycles. The van der Waals surface area contributed by atoms with Gasteiger partial charge in [0.05, 0.1) is 11.3 Å². The number of hydrogen-bond donors (Lipinski definition) is 2. The molecule has 4 nitrogen and oxygen atoms in total. The highest BCUT2D eigenvalue weighted by molar-refractivity contribution is 5.99. The smallest absolute Gasteiger partial charge is 0.254 e. The second kappa shape index (κ2) is 5.34. The van der Waals surface area contributed by atoms with Gasteiger partial charge in [0.1, 0.15) is 0 Å². The van der Waals surface area contributed by atoms with Gasteiger partial charge in [-0.3, -0.25) is 9.78 Å². The highest BCUT2D eigenvalue weighted by atomic mass is 16.1. The summed E-state index contributed by atoms with van der Waals surface area (Å²) in [5.41, 5.74) is 2.35. The van der Waals surface area contributed by atoms with E-state index in [4.69, 9.17) is 0 Å². The number of anilines is 1. The van der Waals surface area contributed by atoms with Crippen molar-refractivity contribution in [1.29, 1.82) is 0 Å². The molecule has 1 heterocycles. The predicted molar refractivity (Wildman–Crippen MR) is 61.1 cm³/mol. The molecule has 1 aromatic rings. The zero-order chi connectivity index (χ0) is 11.3. The third-order valence-corrected chi connectivity index (χ3v) is 2.08. The maximum atomic E-state index is 11.5. The van der Waals surface area contributed by atoms with Crippen LogP contribution in [0.3, 0.4) is 0 Å². The fourth-order valence-corrected chi connectivity index (χ4v) is 1.28. The first-order valence-electron chi connectivity index (χ1n) is 5.11. The van der Waals surface area contributed by atoms with E-state index in [2.05, 4.69) is 22.5 Å². The first-order valence-corrected chi connectivity index (χ1v) is 5.11. The summed E-state index contributed by atoms with van der Waals surface area (Å²) in [6.07, 6.45) is 2.63. The molecule has 0 aliphatic heterocycles. The number of carbonyl (C=O) groups is 1. The lowest BCUT2D eigenvalue weighted by atomic mass is 10.2. The van der Waals surface area contributed by atoms with E-state index in [1.165, 1.54) is 0 Å². The van der Waals surface area contributed by atoms with E-state index in [0.29, 0.717) is 5.56 Å². The summed E-state index contributed by atoms with van der Waals surface area (Å²) in [5.74, 6) is -0.110. The molecular formula is C11H17N3O. The normalized spacial score (nSPS) is 9.80. The van der Waals surface area contributed by atoms with Crippen LogP contribution >= 0.6 is 0 Å².